The molecule has 0 radical (unpaired) electrons. The van der Waals surface area contributed by atoms with E-state index in [4.69, 9.17) is 15.3 Å². The van der Waals surface area contributed by atoms with Crippen LogP contribution in [0.4, 0.5) is 0 Å². The van der Waals surface area contributed by atoms with Gasteiger partial charge in [-0.1, -0.05) is 24.3 Å². The van der Waals surface area contributed by atoms with Gasteiger partial charge in [-0.05, 0) is 18.1 Å². The molecule has 0 aliphatic rings. The van der Waals surface area contributed by atoms with Gasteiger partial charge in [0, 0.05) is 6.54 Å². The molecule has 4 N–H and O–H groups in total. The minimum absolute atomic E-state index is 0.0126. The van der Waals surface area contributed by atoms with Crippen LogP contribution in [0.3, 0.4) is 0 Å². The van der Waals surface area contributed by atoms with Gasteiger partial charge in [0.25, 0.3) is 0 Å². The number of aliphatic hydroxyl groups is 2. The van der Waals surface area contributed by atoms with E-state index in [2.05, 4.69) is 5.32 Å². The fraction of sp³-hybridized carbons (Fsp3) is 0.462. The summed E-state index contributed by atoms with van der Waals surface area (Å²) < 4.78 is 0. The molecule has 0 bridgehead atoms. The number of carboxylic acids is 1. The van der Waals surface area contributed by atoms with Gasteiger partial charge in [-0.3, -0.25) is 4.79 Å². The Morgan fingerprint density at radius 3 is 2.11 bits per heavy atom. The lowest BCUT2D eigenvalue weighted by molar-refractivity contribution is -0.136. The van der Waals surface area contributed by atoms with Crippen molar-refractivity contribution in [2.75, 3.05) is 13.2 Å². The Hall–Kier alpha value is -1.43. The number of hydrogen-bond acceptors (Lipinski definition) is 4. The van der Waals surface area contributed by atoms with Crippen molar-refractivity contribution in [2.24, 2.45) is 0 Å². The highest BCUT2D eigenvalue weighted by Crippen LogP contribution is 2.08. The van der Waals surface area contributed by atoms with E-state index in [-0.39, 0.29) is 19.6 Å². The van der Waals surface area contributed by atoms with Gasteiger partial charge in [-0.25, -0.2) is 0 Å². The number of nitrogens with one attached hydrogen (secondary N) is 1. The second kappa shape index (κ2) is 6.49. The molecular weight excluding hydrogens is 234 g/mol. The molecule has 0 amide bonds. The molecule has 0 heterocycles. The highest BCUT2D eigenvalue weighted by molar-refractivity contribution is 5.70. The van der Waals surface area contributed by atoms with Crippen LogP contribution in [-0.4, -0.2) is 40.0 Å². The number of carbonyl (C=O) groups is 1. The van der Waals surface area contributed by atoms with Crippen LogP contribution >= 0.6 is 0 Å². The Kier molecular flexibility index (Phi) is 5.27. The third-order valence-corrected chi connectivity index (χ3v) is 2.80. The second-order valence-corrected chi connectivity index (χ2v) is 4.62. The van der Waals surface area contributed by atoms with Crippen LogP contribution in [0.25, 0.3) is 0 Å². The molecule has 0 spiro atoms. The average Bonchev–Trinajstić information content (AvgIpc) is 2.37. The number of aliphatic carboxylic acids is 1. The topological polar surface area (TPSA) is 89.8 Å². The molecule has 0 aliphatic carbocycles. The minimum atomic E-state index is -0.853. The Balaban J connectivity index is 2.56. The number of aliphatic hydroxyl groups excluding tert-OH is 2. The van der Waals surface area contributed by atoms with Crippen molar-refractivity contribution in [1.82, 2.24) is 5.32 Å². The van der Waals surface area contributed by atoms with Crippen molar-refractivity contribution in [3.63, 3.8) is 0 Å². The van der Waals surface area contributed by atoms with Crippen LogP contribution in [-0.2, 0) is 17.8 Å². The molecule has 5 heteroatoms. The maximum Gasteiger partial charge on any atom is 0.307 e. The van der Waals surface area contributed by atoms with E-state index < -0.39 is 11.5 Å². The van der Waals surface area contributed by atoms with Gasteiger partial charge < -0.3 is 20.6 Å². The number of rotatable bonds is 7. The quantitative estimate of drug-likeness (QED) is 0.555. The van der Waals surface area contributed by atoms with Crippen molar-refractivity contribution < 1.29 is 20.1 Å². The lowest BCUT2D eigenvalue weighted by Gasteiger charge is -2.26. The minimum Gasteiger partial charge on any atom is -0.481 e. The lowest BCUT2D eigenvalue weighted by atomic mass is 10.0. The molecule has 100 valence electrons. The molecular formula is C13H19NO4. The summed E-state index contributed by atoms with van der Waals surface area (Å²) in [4.78, 5) is 10.5. The van der Waals surface area contributed by atoms with Crippen LogP contribution in [0.5, 0.6) is 0 Å². The van der Waals surface area contributed by atoms with Crippen LogP contribution in [0.2, 0.25) is 0 Å². The van der Waals surface area contributed by atoms with Gasteiger partial charge in [-0.15, -0.1) is 0 Å². The van der Waals surface area contributed by atoms with Crippen molar-refractivity contribution in [2.45, 2.75) is 25.4 Å². The zero-order chi connectivity index (χ0) is 13.6. The molecule has 0 atom stereocenters. The van der Waals surface area contributed by atoms with Crippen LogP contribution in [0.15, 0.2) is 24.3 Å². The molecule has 5 nitrogen and oxygen atoms in total. The van der Waals surface area contributed by atoms with E-state index in [0.29, 0.717) is 6.54 Å². The third-order valence-electron chi connectivity index (χ3n) is 2.80. The first-order chi connectivity index (χ1) is 8.49. The first-order valence-electron chi connectivity index (χ1n) is 5.75. The van der Waals surface area contributed by atoms with E-state index in [1.54, 1.807) is 19.1 Å². The normalized spacial score (nSPS) is 11.5. The standard InChI is InChI=1S/C13H19NO4/c1-13(8-15,9-16)14-7-11-4-2-10(3-5-11)6-12(17)18/h2-5,14-16H,6-9H2,1H3,(H,17,18). The lowest BCUT2D eigenvalue weighted by Crippen LogP contribution is -2.48. The maximum absolute atomic E-state index is 10.5. The first kappa shape index (κ1) is 14.6. The second-order valence-electron chi connectivity index (χ2n) is 4.62. The Labute approximate surface area is 106 Å². The van der Waals surface area contributed by atoms with Crippen molar-refractivity contribution in [3.05, 3.63) is 35.4 Å². The Morgan fingerprint density at radius 2 is 1.67 bits per heavy atom. The summed E-state index contributed by atoms with van der Waals surface area (Å²) in [6.45, 7) is 1.93. The first-order valence-corrected chi connectivity index (χ1v) is 5.75. The molecule has 0 fully saturated rings. The van der Waals surface area contributed by atoms with Crippen molar-refractivity contribution >= 4 is 5.97 Å². The van der Waals surface area contributed by atoms with E-state index >= 15 is 0 Å². The number of hydrogen-bond donors (Lipinski definition) is 4. The summed E-state index contributed by atoms with van der Waals surface area (Å²) in [7, 11) is 0. The highest BCUT2D eigenvalue weighted by Gasteiger charge is 2.20. The van der Waals surface area contributed by atoms with Crippen LogP contribution < -0.4 is 5.32 Å². The predicted octanol–water partition coefficient (Wildman–Crippen LogP) is 0.147. The monoisotopic (exact) mass is 253 g/mol. The number of benzene rings is 1. The Morgan fingerprint density at radius 1 is 1.17 bits per heavy atom. The Bertz CT molecular complexity index is 384. The SMILES string of the molecule is CC(CO)(CO)NCc1ccc(CC(=O)O)cc1. The van der Waals surface area contributed by atoms with Gasteiger partial charge >= 0.3 is 5.97 Å². The van der Waals surface area contributed by atoms with Crippen LogP contribution in [0.1, 0.15) is 18.1 Å². The molecule has 18 heavy (non-hydrogen) atoms. The van der Waals surface area contributed by atoms with Gasteiger partial charge in [0.2, 0.25) is 0 Å². The van der Waals surface area contributed by atoms with Gasteiger partial charge in [0.15, 0.2) is 0 Å². The zero-order valence-electron chi connectivity index (χ0n) is 10.4. The summed E-state index contributed by atoms with van der Waals surface area (Å²) in [5.41, 5.74) is 1.01. The maximum atomic E-state index is 10.5. The molecule has 0 aliphatic heterocycles. The summed E-state index contributed by atoms with van der Waals surface area (Å²) in [6, 6.07) is 7.20. The smallest absolute Gasteiger partial charge is 0.307 e. The molecule has 0 unspecified atom stereocenters. The summed E-state index contributed by atoms with van der Waals surface area (Å²) in [5.74, 6) is -0.853. The highest BCUT2D eigenvalue weighted by atomic mass is 16.4. The fourth-order valence-electron chi connectivity index (χ4n) is 1.43. The van der Waals surface area contributed by atoms with E-state index in [1.807, 2.05) is 12.1 Å². The fourth-order valence-corrected chi connectivity index (χ4v) is 1.43. The third kappa shape index (κ3) is 4.44. The largest absolute Gasteiger partial charge is 0.481 e. The molecule has 0 aromatic heterocycles. The van der Waals surface area contributed by atoms with Gasteiger partial charge in [0.1, 0.15) is 0 Å². The van der Waals surface area contributed by atoms with E-state index in [1.165, 1.54) is 0 Å². The van der Waals surface area contributed by atoms with Crippen LogP contribution in [0, 0.1) is 0 Å². The molecule has 0 saturated carbocycles. The predicted molar refractivity (Wildman–Crippen MR) is 67.2 cm³/mol. The van der Waals surface area contributed by atoms with Crippen molar-refractivity contribution in [3.8, 4) is 0 Å². The molecule has 1 aromatic rings. The van der Waals surface area contributed by atoms with E-state index in [0.717, 1.165) is 11.1 Å². The average molecular weight is 253 g/mol. The molecule has 1 aromatic carbocycles. The van der Waals surface area contributed by atoms with Crippen molar-refractivity contribution in [1.29, 1.82) is 0 Å². The summed E-state index contributed by atoms with van der Waals surface area (Å²) >= 11 is 0. The van der Waals surface area contributed by atoms with E-state index in [9.17, 15) is 4.79 Å². The number of carboxylic acid groups (broad SMARTS) is 1. The molecule has 0 saturated heterocycles. The van der Waals surface area contributed by atoms with Gasteiger partial charge in [0.05, 0.1) is 25.2 Å². The molecule has 1 rings (SSSR count). The summed E-state index contributed by atoms with van der Waals surface area (Å²) in [5, 5.41) is 29.9. The zero-order valence-corrected chi connectivity index (χ0v) is 10.4. The summed E-state index contributed by atoms with van der Waals surface area (Å²) in [6.07, 6.45) is 0.0126. The van der Waals surface area contributed by atoms with Gasteiger partial charge in [-0.2, -0.15) is 0 Å².